The lowest BCUT2D eigenvalue weighted by Gasteiger charge is -2.19. The van der Waals surface area contributed by atoms with Crippen molar-refractivity contribution in [2.45, 2.75) is 12.5 Å². The van der Waals surface area contributed by atoms with Gasteiger partial charge in [0, 0.05) is 24.6 Å². The van der Waals surface area contributed by atoms with Crippen molar-refractivity contribution in [2.24, 2.45) is 5.92 Å². The molecule has 120 valence electrons. The average Bonchev–Trinajstić information content (AvgIpc) is 3.09. The van der Waals surface area contributed by atoms with Crippen molar-refractivity contribution < 1.29 is 14.3 Å². The fourth-order valence-electron chi connectivity index (χ4n) is 2.92. The lowest BCUT2D eigenvalue weighted by molar-refractivity contribution is 0.0846. The van der Waals surface area contributed by atoms with E-state index in [-0.39, 0.29) is 12.0 Å². The SMILES string of the molecule is COc1ccc(C(=O)NC[C@H]2CCO[C@@H]2c2ccccc2)cc1. The Labute approximate surface area is 136 Å². The van der Waals surface area contributed by atoms with Crippen molar-refractivity contribution in [3.05, 3.63) is 65.7 Å². The molecule has 4 nitrogen and oxygen atoms in total. The number of benzene rings is 2. The molecule has 4 heteroatoms. The smallest absolute Gasteiger partial charge is 0.251 e. The number of rotatable bonds is 5. The number of amides is 1. The second-order valence-corrected chi connectivity index (χ2v) is 5.69. The van der Waals surface area contributed by atoms with E-state index in [9.17, 15) is 4.79 Å². The van der Waals surface area contributed by atoms with Gasteiger partial charge in [0.25, 0.3) is 5.91 Å². The summed E-state index contributed by atoms with van der Waals surface area (Å²) in [4.78, 5) is 12.3. The Morgan fingerprint density at radius 1 is 1.17 bits per heavy atom. The van der Waals surface area contributed by atoms with Crippen molar-refractivity contribution in [3.63, 3.8) is 0 Å². The van der Waals surface area contributed by atoms with E-state index in [0.29, 0.717) is 18.0 Å². The number of hydrogen-bond donors (Lipinski definition) is 1. The molecule has 0 bridgehead atoms. The third kappa shape index (κ3) is 3.71. The number of methoxy groups -OCH3 is 1. The van der Waals surface area contributed by atoms with Crippen LogP contribution < -0.4 is 10.1 Å². The Hall–Kier alpha value is -2.33. The quantitative estimate of drug-likeness (QED) is 0.922. The summed E-state index contributed by atoms with van der Waals surface area (Å²) in [7, 11) is 1.61. The van der Waals surface area contributed by atoms with Crippen LogP contribution in [0.3, 0.4) is 0 Å². The van der Waals surface area contributed by atoms with Crippen LogP contribution in [-0.2, 0) is 4.74 Å². The molecule has 1 aliphatic rings. The standard InChI is InChI=1S/C19H21NO3/c1-22-17-9-7-15(8-10-17)19(21)20-13-16-11-12-23-18(16)14-5-3-2-4-6-14/h2-10,16,18H,11-13H2,1H3,(H,20,21)/t16-,18-/m1/s1. The van der Waals surface area contributed by atoms with Crippen molar-refractivity contribution in [2.75, 3.05) is 20.3 Å². The third-order valence-electron chi connectivity index (χ3n) is 4.22. The first-order valence-corrected chi connectivity index (χ1v) is 7.86. The summed E-state index contributed by atoms with van der Waals surface area (Å²) < 4.78 is 11.0. The number of ether oxygens (including phenoxy) is 2. The molecule has 0 unspecified atom stereocenters. The predicted molar refractivity (Wildman–Crippen MR) is 88.6 cm³/mol. The first-order chi connectivity index (χ1) is 11.3. The van der Waals surface area contributed by atoms with Gasteiger partial charge in [0.15, 0.2) is 0 Å². The topological polar surface area (TPSA) is 47.6 Å². The van der Waals surface area contributed by atoms with Crippen molar-refractivity contribution in [3.8, 4) is 5.75 Å². The summed E-state index contributed by atoms with van der Waals surface area (Å²) in [6.07, 6.45) is 1.02. The molecule has 1 amide bonds. The van der Waals surface area contributed by atoms with Crippen LogP contribution in [0.2, 0.25) is 0 Å². The Balaban J connectivity index is 1.59. The zero-order chi connectivity index (χ0) is 16.1. The molecule has 0 saturated carbocycles. The normalized spacial score (nSPS) is 20.2. The minimum absolute atomic E-state index is 0.0624. The summed E-state index contributed by atoms with van der Waals surface area (Å²) in [5.41, 5.74) is 1.81. The van der Waals surface area contributed by atoms with Gasteiger partial charge in [0.2, 0.25) is 0 Å². The van der Waals surface area contributed by atoms with Crippen LogP contribution in [-0.4, -0.2) is 26.2 Å². The summed E-state index contributed by atoms with van der Waals surface area (Å²) in [5, 5.41) is 3.02. The fraction of sp³-hybridized carbons (Fsp3) is 0.316. The third-order valence-corrected chi connectivity index (χ3v) is 4.22. The van der Waals surface area contributed by atoms with E-state index in [1.54, 1.807) is 31.4 Å². The Morgan fingerprint density at radius 2 is 1.91 bits per heavy atom. The Morgan fingerprint density at radius 3 is 2.61 bits per heavy atom. The predicted octanol–water partition coefficient (Wildman–Crippen LogP) is 3.20. The molecule has 0 spiro atoms. The molecule has 0 radical (unpaired) electrons. The molecule has 2 aromatic carbocycles. The number of nitrogens with one attached hydrogen (secondary N) is 1. The van der Waals surface area contributed by atoms with Gasteiger partial charge in [-0.3, -0.25) is 4.79 Å². The maximum Gasteiger partial charge on any atom is 0.251 e. The minimum atomic E-state index is -0.0636. The van der Waals surface area contributed by atoms with Crippen LogP contribution >= 0.6 is 0 Å². The van der Waals surface area contributed by atoms with E-state index >= 15 is 0 Å². The first kappa shape index (κ1) is 15.6. The second kappa shape index (κ2) is 7.29. The van der Waals surface area contributed by atoms with Crippen LogP contribution in [0.4, 0.5) is 0 Å². The van der Waals surface area contributed by atoms with E-state index < -0.39 is 0 Å². The van der Waals surface area contributed by atoms with Gasteiger partial charge in [0.05, 0.1) is 13.2 Å². The average molecular weight is 311 g/mol. The van der Waals surface area contributed by atoms with Crippen LogP contribution in [0.5, 0.6) is 5.75 Å². The number of carbonyl (C=O) groups excluding carboxylic acids is 1. The molecule has 1 fully saturated rings. The fourth-order valence-corrected chi connectivity index (χ4v) is 2.92. The van der Waals surface area contributed by atoms with Gasteiger partial charge in [-0.2, -0.15) is 0 Å². The van der Waals surface area contributed by atoms with Crippen molar-refractivity contribution >= 4 is 5.91 Å². The molecular weight excluding hydrogens is 290 g/mol. The zero-order valence-electron chi connectivity index (χ0n) is 13.2. The van der Waals surface area contributed by atoms with Gasteiger partial charge >= 0.3 is 0 Å². The van der Waals surface area contributed by atoms with Crippen molar-refractivity contribution in [1.82, 2.24) is 5.32 Å². The van der Waals surface area contributed by atoms with Gasteiger partial charge in [0.1, 0.15) is 5.75 Å². The Bertz CT molecular complexity index is 639. The zero-order valence-corrected chi connectivity index (χ0v) is 13.2. The maximum atomic E-state index is 12.3. The highest BCUT2D eigenvalue weighted by Gasteiger charge is 2.29. The lowest BCUT2D eigenvalue weighted by atomic mass is 9.95. The molecule has 2 aromatic rings. The largest absolute Gasteiger partial charge is 0.497 e. The molecular formula is C19H21NO3. The molecule has 0 aromatic heterocycles. The maximum absolute atomic E-state index is 12.3. The molecule has 0 aliphatic carbocycles. The molecule has 23 heavy (non-hydrogen) atoms. The highest BCUT2D eigenvalue weighted by molar-refractivity contribution is 5.94. The monoisotopic (exact) mass is 311 g/mol. The van der Waals surface area contributed by atoms with Crippen LogP contribution in [0.25, 0.3) is 0 Å². The van der Waals surface area contributed by atoms with E-state index in [2.05, 4.69) is 17.4 Å². The van der Waals surface area contributed by atoms with E-state index in [4.69, 9.17) is 9.47 Å². The van der Waals surface area contributed by atoms with Gasteiger partial charge in [-0.1, -0.05) is 30.3 Å². The number of carbonyl (C=O) groups is 1. The first-order valence-electron chi connectivity index (χ1n) is 7.86. The lowest BCUT2D eigenvalue weighted by Crippen LogP contribution is -2.30. The highest BCUT2D eigenvalue weighted by Crippen LogP contribution is 2.33. The molecule has 1 heterocycles. The van der Waals surface area contributed by atoms with Gasteiger partial charge in [-0.05, 0) is 36.2 Å². The Kier molecular flexibility index (Phi) is 4.93. The summed E-state index contributed by atoms with van der Waals surface area (Å²) in [5.74, 6) is 0.987. The molecule has 1 aliphatic heterocycles. The van der Waals surface area contributed by atoms with Gasteiger partial charge in [-0.15, -0.1) is 0 Å². The van der Waals surface area contributed by atoms with E-state index in [1.807, 2.05) is 18.2 Å². The van der Waals surface area contributed by atoms with Crippen LogP contribution in [0.1, 0.15) is 28.4 Å². The van der Waals surface area contributed by atoms with Crippen LogP contribution in [0.15, 0.2) is 54.6 Å². The van der Waals surface area contributed by atoms with Crippen molar-refractivity contribution in [1.29, 1.82) is 0 Å². The summed E-state index contributed by atoms with van der Waals surface area (Å²) in [6.45, 7) is 1.35. The highest BCUT2D eigenvalue weighted by atomic mass is 16.5. The minimum Gasteiger partial charge on any atom is -0.497 e. The summed E-state index contributed by atoms with van der Waals surface area (Å²) >= 11 is 0. The summed E-state index contributed by atoms with van der Waals surface area (Å²) in [6, 6.07) is 17.3. The molecule has 1 saturated heterocycles. The van der Waals surface area contributed by atoms with E-state index in [1.165, 1.54) is 5.56 Å². The second-order valence-electron chi connectivity index (χ2n) is 5.69. The van der Waals surface area contributed by atoms with Gasteiger partial charge in [-0.25, -0.2) is 0 Å². The van der Waals surface area contributed by atoms with E-state index in [0.717, 1.165) is 18.8 Å². The molecule has 3 rings (SSSR count). The number of hydrogen-bond acceptors (Lipinski definition) is 3. The molecule has 2 atom stereocenters. The molecule has 1 N–H and O–H groups in total. The van der Waals surface area contributed by atoms with Gasteiger partial charge < -0.3 is 14.8 Å². The van der Waals surface area contributed by atoms with Crippen LogP contribution in [0, 0.1) is 5.92 Å².